The second-order valence-corrected chi connectivity index (χ2v) is 7.94. The van der Waals surface area contributed by atoms with E-state index >= 15 is 0 Å². The van der Waals surface area contributed by atoms with E-state index in [4.69, 9.17) is 5.26 Å². The number of amides is 3. The Hall–Kier alpha value is -3.80. The van der Waals surface area contributed by atoms with Crippen LogP contribution in [0, 0.1) is 11.3 Å². The van der Waals surface area contributed by atoms with Gasteiger partial charge in [0.05, 0.1) is 46.7 Å². The molecule has 1 atom stereocenters. The van der Waals surface area contributed by atoms with Crippen molar-refractivity contribution in [2.45, 2.75) is 32.0 Å². The van der Waals surface area contributed by atoms with Crippen LogP contribution in [0.25, 0.3) is 0 Å². The summed E-state index contributed by atoms with van der Waals surface area (Å²) in [6.07, 6.45) is -2.94. The summed E-state index contributed by atoms with van der Waals surface area (Å²) in [5.74, 6) is -0.259. The number of nitriles is 1. The highest BCUT2D eigenvalue weighted by Crippen LogP contribution is 2.40. The van der Waals surface area contributed by atoms with Gasteiger partial charge in [-0.1, -0.05) is 31.5 Å². The zero-order valence-electron chi connectivity index (χ0n) is 17.8. The van der Waals surface area contributed by atoms with Gasteiger partial charge < -0.3 is 10.2 Å². The van der Waals surface area contributed by atoms with Crippen LogP contribution in [0.3, 0.4) is 0 Å². The smallest absolute Gasteiger partial charge is 0.333 e. The zero-order chi connectivity index (χ0) is 23.8. The van der Waals surface area contributed by atoms with Crippen LogP contribution in [-0.2, 0) is 11.0 Å². The monoisotopic (exact) mass is 454 g/mol. The topological polar surface area (TPSA) is 76.4 Å². The minimum absolute atomic E-state index is 0.0400. The molecule has 33 heavy (non-hydrogen) atoms. The molecule has 1 unspecified atom stereocenters. The summed E-state index contributed by atoms with van der Waals surface area (Å²) in [5, 5.41) is 11.8. The van der Waals surface area contributed by atoms with E-state index in [-0.39, 0.29) is 18.1 Å². The Bertz CT molecular complexity index is 1170. The van der Waals surface area contributed by atoms with Gasteiger partial charge in [0.25, 0.3) is 5.91 Å². The first-order valence-electron chi connectivity index (χ1n) is 10.5. The van der Waals surface area contributed by atoms with Gasteiger partial charge in [0.2, 0.25) is 0 Å². The van der Waals surface area contributed by atoms with Crippen LogP contribution in [0.1, 0.15) is 42.5 Å². The van der Waals surface area contributed by atoms with Crippen LogP contribution >= 0.6 is 0 Å². The third-order valence-corrected chi connectivity index (χ3v) is 5.79. The van der Waals surface area contributed by atoms with Crippen molar-refractivity contribution in [1.29, 1.82) is 5.26 Å². The fourth-order valence-electron chi connectivity index (χ4n) is 4.12. The zero-order valence-corrected chi connectivity index (χ0v) is 17.8. The van der Waals surface area contributed by atoms with E-state index in [9.17, 15) is 22.8 Å². The number of carbonyl (C=O) groups is 2. The molecule has 0 saturated heterocycles. The standard InChI is InChI=1S/C24H21F3N4O2/c1-2-3-11-30-14-19-20(22(30)32)21(16-9-7-15(13-28)8-10-16)29-23(33)31(19)18-6-4-5-17(12-18)24(25,26)27/h4-10,12,21H,2-3,11,14H2,1H3,(H,29,33). The summed E-state index contributed by atoms with van der Waals surface area (Å²) in [6, 6.07) is 11.7. The fraction of sp³-hybridized carbons (Fsp3) is 0.292. The molecule has 0 fully saturated rings. The van der Waals surface area contributed by atoms with Crippen molar-refractivity contribution in [3.63, 3.8) is 0 Å². The molecule has 0 aliphatic carbocycles. The Kier molecular flexibility index (Phi) is 5.85. The predicted molar refractivity (Wildman–Crippen MR) is 115 cm³/mol. The Balaban J connectivity index is 1.80. The molecule has 2 heterocycles. The largest absolute Gasteiger partial charge is 0.416 e. The summed E-state index contributed by atoms with van der Waals surface area (Å²) in [5.41, 5.74) is 0.906. The van der Waals surface area contributed by atoms with Crippen LogP contribution < -0.4 is 10.2 Å². The molecule has 2 aromatic carbocycles. The third kappa shape index (κ3) is 4.16. The van der Waals surface area contributed by atoms with Crippen LogP contribution in [0.5, 0.6) is 0 Å². The van der Waals surface area contributed by atoms with E-state index in [0.29, 0.717) is 28.9 Å². The van der Waals surface area contributed by atoms with E-state index in [0.717, 1.165) is 29.9 Å². The number of alkyl halides is 3. The van der Waals surface area contributed by atoms with Crippen molar-refractivity contribution in [3.8, 4) is 6.07 Å². The molecule has 170 valence electrons. The van der Waals surface area contributed by atoms with Crippen molar-refractivity contribution < 1.29 is 22.8 Å². The number of carbonyl (C=O) groups excluding carboxylic acids is 2. The first-order valence-corrected chi connectivity index (χ1v) is 10.5. The average Bonchev–Trinajstić information content (AvgIpc) is 3.12. The number of nitrogens with zero attached hydrogens (tertiary/aromatic N) is 3. The van der Waals surface area contributed by atoms with E-state index in [1.54, 1.807) is 29.2 Å². The molecule has 0 saturated carbocycles. The number of halogens is 3. The summed E-state index contributed by atoms with van der Waals surface area (Å²) in [6.45, 7) is 2.60. The molecule has 2 aliphatic heterocycles. The number of hydrogen-bond acceptors (Lipinski definition) is 3. The van der Waals surface area contributed by atoms with E-state index in [2.05, 4.69) is 5.32 Å². The van der Waals surface area contributed by atoms with Crippen molar-refractivity contribution in [3.05, 3.63) is 76.5 Å². The van der Waals surface area contributed by atoms with Gasteiger partial charge in [0.15, 0.2) is 0 Å². The van der Waals surface area contributed by atoms with E-state index in [1.807, 2.05) is 13.0 Å². The maximum atomic E-state index is 13.3. The highest BCUT2D eigenvalue weighted by atomic mass is 19.4. The molecule has 6 nitrogen and oxygen atoms in total. The lowest BCUT2D eigenvalue weighted by atomic mass is 9.94. The van der Waals surface area contributed by atoms with Gasteiger partial charge in [0.1, 0.15) is 0 Å². The van der Waals surface area contributed by atoms with Crippen molar-refractivity contribution in [1.82, 2.24) is 10.2 Å². The Morgan fingerprint density at radius 2 is 1.88 bits per heavy atom. The number of unbranched alkanes of at least 4 members (excludes halogenated alkanes) is 1. The molecule has 3 amide bonds. The fourth-order valence-corrected chi connectivity index (χ4v) is 4.12. The molecular formula is C24H21F3N4O2. The number of nitrogens with one attached hydrogen (secondary N) is 1. The molecular weight excluding hydrogens is 433 g/mol. The minimum Gasteiger partial charge on any atom is -0.333 e. The summed E-state index contributed by atoms with van der Waals surface area (Å²) < 4.78 is 39.9. The van der Waals surface area contributed by atoms with Gasteiger partial charge in [-0.2, -0.15) is 18.4 Å². The quantitative estimate of drug-likeness (QED) is 0.709. The first-order chi connectivity index (χ1) is 15.7. The molecule has 0 spiro atoms. The molecule has 1 N–H and O–H groups in total. The lowest BCUT2D eigenvalue weighted by Gasteiger charge is -2.33. The molecule has 4 rings (SSSR count). The highest BCUT2D eigenvalue weighted by molar-refractivity contribution is 6.07. The van der Waals surface area contributed by atoms with Crippen LogP contribution in [0.2, 0.25) is 0 Å². The maximum Gasteiger partial charge on any atom is 0.416 e. The third-order valence-electron chi connectivity index (χ3n) is 5.79. The minimum atomic E-state index is -4.57. The highest BCUT2D eigenvalue weighted by Gasteiger charge is 2.44. The van der Waals surface area contributed by atoms with Gasteiger partial charge >= 0.3 is 12.2 Å². The maximum absolute atomic E-state index is 13.3. The first kappa shape index (κ1) is 22.4. The Labute approximate surface area is 188 Å². The number of anilines is 1. The Morgan fingerprint density at radius 1 is 1.15 bits per heavy atom. The second kappa shape index (κ2) is 8.62. The molecule has 2 aromatic rings. The predicted octanol–water partition coefficient (Wildman–Crippen LogP) is 4.74. The van der Waals surface area contributed by atoms with E-state index in [1.165, 1.54) is 12.1 Å². The summed E-state index contributed by atoms with van der Waals surface area (Å²) in [7, 11) is 0. The van der Waals surface area contributed by atoms with Crippen molar-refractivity contribution in [2.75, 3.05) is 18.0 Å². The number of rotatable bonds is 5. The molecule has 9 heteroatoms. The van der Waals surface area contributed by atoms with Crippen molar-refractivity contribution >= 4 is 17.6 Å². The lowest BCUT2D eigenvalue weighted by molar-refractivity contribution is -0.137. The van der Waals surface area contributed by atoms with Gasteiger partial charge in [0, 0.05) is 6.54 Å². The number of benzene rings is 2. The number of urea groups is 1. The molecule has 0 radical (unpaired) electrons. The molecule has 2 aliphatic rings. The Morgan fingerprint density at radius 3 is 2.52 bits per heavy atom. The average molecular weight is 454 g/mol. The van der Waals surface area contributed by atoms with Gasteiger partial charge in [-0.05, 0) is 42.3 Å². The SMILES string of the molecule is CCCCN1CC2=C(C1=O)C(c1ccc(C#N)cc1)NC(=O)N2c1cccc(C(F)(F)F)c1. The normalized spacial score (nSPS) is 18.3. The lowest BCUT2D eigenvalue weighted by Crippen LogP contribution is -2.47. The molecule has 0 aromatic heterocycles. The summed E-state index contributed by atoms with van der Waals surface area (Å²) in [4.78, 5) is 29.2. The van der Waals surface area contributed by atoms with Gasteiger partial charge in [-0.15, -0.1) is 0 Å². The van der Waals surface area contributed by atoms with E-state index < -0.39 is 23.8 Å². The number of hydrogen-bond donors (Lipinski definition) is 1. The van der Waals surface area contributed by atoms with Crippen LogP contribution in [0.15, 0.2) is 59.8 Å². The van der Waals surface area contributed by atoms with Gasteiger partial charge in [-0.25, -0.2) is 4.79 Å². The van der Waals surface area contributed by atoms with Crippen LogP contribution in [0.4, 0.5) is 23.7 Å². The summed E-state index contributed by atoms with van der Waals surface area (Å²) >= 11 is 0. The van der Waals surface area contributed by atoms with Crippen molar-refractivity contribution in [2.24, 2.45) is 0 Å². The van der Waals surface area contributed by atoms with Crippen LogP contribution in [-0.4, -0.2) is 29.9 Å². The van der Waals surface area contributed by atoms with Gasteiger partial charge in [-0.3, -0.25) is 9.69 Å². The molecule has 0 bridgehead atoms. The second-order valence-electron chi connectivity index (χ2n) is 7.94.